The van der Waals surface area contributed by atoms with Crippen molar-refractivity contribution in [3.8, 4) is 0 Å². The predicted octanol–water partition coefficient (Wildman–Crippen LogP) is 5.33. The van der Waals surface area contributed by atoms with Crippen LogP contribution < -0.4 is 0 Å². The molecule has 0 amide bonds. The first kappa shape index (κ1) is 36.5. The molecule has 0 N–H and O–H groups in total. The van der Waals surface area contributed by atoms with Crippen molar-refractivity contribution in [2.45, 2.75) is 6.42 Å². The Hall–Kier alpha value is 1.56. The van der Waals surface area contributed by atoms with Crippen molar-refractivity contribution in [3.05, 3.63) is 61.4 Å². The van der Waals surface area contributed by atoms with Crippen LogP contribution in [0.15, 0.2) is 18.2 Å². The van der Waals surface area contributed by atoms with Gasteiger partial charge in [-0.25, -0.2) is 12.2 Å². The maximum atomic E-state index is 2.99. The van der Waals surface area contributed by atoms with Gasteiger partial charge < -0.3 is 37.1 Å². The molecule has 89 valence electrons. The van der Waals surface area contributed by atoms with Crippen molar-refractivity contribution in [2.24, 2.45) is 0 Å². The van der Waals surface area contributed by atoms with E-state index < -0.39 is 0 Å². The fourth-order valence-electron chi connectivity index (χ4n) is 0.340. The summed E-state index contributed by atoms with van der Waals surface area (Å²) in [6, 6.07) is 0. The van der Waals surface area contributed by atoms with Crippen LogP contribution in [0.3, 0.4) is 0 Å². The van der Waals surface area contributed by atoms with Crippen molar-refractivity contribution in [1.82, 2.24) is 0 Å². The summed E-state index contributed by atoms with van der Waals surface area (Å²) in [6.45, 7) is 0. The zero-order valence-electron chi connectivity index (χ0n) is 9.03. The Kier molecular flexibility index (Phi) is 105. The topological polar surface area (TPSA) is 0 Å². The van der Waals surface area contributed by atoms with E-state index in [4.69, 9.17) is 0 Å². The van der Waals surface area contributed by atoms with E-state index in [1.54, 1.807) is 0 Å². The monoisotopic (exact) mass is 497 g/mol. The summed E-state index contributed by atoms with van der Waals surface area (Å²) in [4.78, 5) is 0. The van der Waals surface area contributed by atoms with Crippen LogP contribution >= 0.6 is 39.5 Å². The third kappa shape index (κ3) is 42.1. The molecule has 0 atom stereocenters. The Balaban J connectivity index is -0.0000000144. The first-order valence-electron chi connectivity index (χ1n) is 1.97. The Morgan fingerprint density at radius 2 is 1.38 bits per heavy atom. The Morgan fingerprint density at radius 1 is 1.00 bits per heavy atom. The first-order chi connectivity index (χ1) is 3.91. The summed E-state index contributed by atoms with van der Waals surface area (Å²) < 4.78 is 0. The Morgan fingerprint density at radius 3 is 1.46 bits per heavy atom. The van der Waals surface area contributed by atoms with E-state index in [-0.39, 0.29) is 37.1 Å². The Labute approximate surface area is 116 Å². The second-order valence-electron chi connectivity index (χ2n) is 1.05. The van der Waals surface area contributed by atoms with Crippen molar-refractivity contribution in [2.75, 3.05) is 0 Å². The van der Waals surface area contributed by atoms with Crippen LogP contribution in [0, 0.1) is 43.2 Å². The molecule has 1 aliphatic rings. The molecule has 13 heavy (non-hydrogen) atoms. The van der Waals surface area contributed by atoms with Crippen LogP contribution in [0.1, 0.15) is 6.42 Å². The normalized spacial score (nSPS) is 8.46. The third-order valence-electron chi connectivity index (χ3n) is 0.586. The standard InChI is InChI=1S/C5H5.5CH3.2HI.Rh/c1-2-4-5-3-1;;;;;;;;/h1-3H,4H2;5*1H3;2*1H;/q6*-1;;;+2/p-2. The molecule has 1 rings (SSSR count). The van der Waals surface area contributed by atoms with Gasteiger partial charge >= 0.3 is 49.6 Å². The second-order valence-corrected chi connectivity index (χ2v) is 13.7. The van der Waals surface area contributed by atoms with Gasteiger partial charge in [0.15, 0.2) is 0 Å². The third-order valence-corrected chi connectivity index (χ3v) is 0.586. The first-order valence-corrected chi connectivity index (χ1v) is 11.7. The minimum atomic E-state index is 0. The van der Waals surface area contributed by atoms with Gasteiger partial charge in [-0.2, -0.15) is 6.08 Å². The van der Waals surface area contributed by atoms with Gasteiger partial charge in [-0.1, -0.05) is 0 Å². The molecule has 0 heterocycles. The quantitative estimate of drug-likeness (QED) is 0.242. The van der Waals surface area contributed by atoms with Crippen LogP contribution in [-0.2, 0) is 10.1 Å². The van der Waals surface area contributed by atoms with Crippen molar-refractivity contribution < 1.29 is 10.1 Å². The zero-order chi connectivity index (χ0) is 6.24. The summed E-state index contributed by atoms with van der Waals surface area (Å²) in [7, 11) is 0.770. The van der Waals surface area contributed by atoms with E-state index in [0.717, 1.165) is 16.5 Å². The van der Waals surface area contributed by atoms with E-state index >= 15 is 0 Å². The molecule has 0 aromatic carbocycles. The Bertz CT molecular complexity index is 80.9. The molecule has 0 saturated carbocycles. The van der Waals surface area contributed by atoms with Crippen LogP contribution in [0.5, 0.6) is 0 Å². The molecule has 3 heteroatoms. The molecule has 0 unspecified atom stereocenters. The van der Waals surface area contributed by atoms with E-state index in [1.807, 2.05) is 12.2 Å². The summed E-state index contributed by atoms with van der Waals surface area (Å²) in [6.07, 6.45) is 10.0. The molecule has 0 bridgehead atoms. The van der Waals surface area contributed by atoms with Gasteiger partial charge in [0.05, 0.1) is 0 Å². The van der Waals surface area contributed by atoms with Crippen LogP contribution in [0.4, 0.5) is 0 Å². The van der Waals surface area contributed by atoms with Gasteiger partial charge in [-0.15, -0.1) is 6.42 Å². The average molecular weight is 497 g/mol. The number of allylic oxidation sites excluding steroid dienone is 4. The van der Waals surface area contributed by atoms with Crippen LogP contribution in [0.2, 0.25) is 0 Å². The number of rotatable bonds is 0. The van der Waals surface area contributed by atoms with Crippen molar-refractivity contribution >= 4 is 39.5 Å². The predicted molar refractivity (Wildman–Crippen MR) is 81.7 cm³/mol. The van der Waals surface area contributed by atoms with Crippen molar-refractivity contribution in [3.63, 3.8) is 0 Å². The number of halogens is 2. The summed E-state index contributed by atoms with van der Waals surface area (Å²) >= 11 is 4.69. The summed E-state index contributed by atoms with van der Waals surface area (Å²) in [5, 5.41) is 0. The van der Waals surface area contributed by atoms with Crippen LogP contribution in [-0.4, -0.2) is 0 Å². The molecular weight excluding hydrogens is 477 g/mol. The van der Waals surface area contributed by atoms with E-state index in [2.05, 4.69) is 51.7 Å². The zero-order valence-corrected chi connectivity index (χ0v) is 15.0. The van der Waals surface area contributed by atoms with E-state index in [0.29, 0.717) is 0 Å². The van der Waals surface area contributed by atoms with Gasteiger partial charge in [0.2, 0.25) is 0 Å². The average Bonchev–Trinajstić information content (AvgIpc) is 2.17. The molecular formula is C10H20I2Rh-6. The van der Waals surface area contributed by atoms with Crippen molar-refractivity contribution in [1.29, 1.82) is 0 Å². The molecule has 0 aromatic heterocycles. The maximum absolute atomic E-state index is 2.99. The molecule has 0 radical (unpaired) electrons. The van der Waals surface area contributed by atoms with E-state index in [9.17, 15) is 0 Å². The fourth-order valence-corrected chi connectivity index (χ4v) is 0.340. The summed E-state index contributed by atoms with van der Waals surface area (Å²) in [5.74, 6) is 0. The number of hydrogen-bond donors (Lipinski definition) is 0. The van der Waals surface area contributed by atoms with Gasteiger partial charge in [0.1, 0.15) is 0 Å². The number of hydrogen-bond acceptors (Lipinski definition) is 0. The van der Waals surface area contributed by atoms with Gasteiger partial charge in [-0.3, -0.25) is 6.08 Å². The second kappa shape index (κ2) is 37.4. The molecule has 0 spiro atoms. The molecule has 0 aliphatic heterocycles. The molecule has 0 fully saturated rings. The summed E-state index contributed by atoms with van der Waals surface area (Å²) in [5.41, 5.74) is 0. The fraction of sp³-hybridized carbons (Fsp3) is 0.100. The van der Waals surface area contributed by atoms with Gasteiger partial charge in [-0.05, 0) is 0 Å². The van der Waals surface area contributed by atoms with Gasteiger partial charge in [0, 0.05) is 0 Å². The SMILES string of the molecule is [C-]1=CC=CC1.[CH3-].[CH3-].[CH3-].[CH3-].[CH3-].[I][Rh][I]. The van der Waals surface area contributed by atoms with E-state index in [1.165, 1.54) is 0 Å². The minimum absolute atomic E-state index is 0. The molecule has 1 aliphatic carbocycles. The van der Waals surface area contributed by atoms with Crippen LogP contribution in [0.25, 0.3) is 0 Å². The van der Waals surface area contributed by atoms with Gasteiger partial charge in [0.25, 0.3) is 0 Å². The molecule has 0 aromatic rings. The molecule has 0 saturated heterocycles. The molecule has 0 nitrogen and oxygen atoms in total.